The molecule has 2 atom stereocenters. The van der Waals surface area contributed by atoms with Gasteiger partial charge < -0.3 is 10.6 Å². The highest BCUT2D eigenvalue weighted by Gasteiger charge is 2.43. The Hall–Kier alpha value is -1.65. The van der Waals surface area contributed by atoms with Crippen LogP contribution in [0, 0.1) is 11.8 Å². The van der Waals surface area contributed by atoms with Crippen LogP contribution in [0.25, 0.3) is 0 Å². The van der Waals surface area contributed by atoms with Crippen molar-refractivity contribution in [3.8, 4) is 0 Å². The van der Waals surface area contributed by atoms with E-state index in [1.54, 1.807) is 11.1 Å². The van der Waals surface area contributed by atoms with Crippen LogP contribution in [0.15, 0.2) is 6.20 Å². The van der Waals surface area contributed by atoms with E-state index in [9.17, 15) is 4.79 Å². The molecule has 1 fully saturated rings. The quantitative estimate of drug-likeness (QED) is 0.898. The number of nitrogens with two attached hydrogens (primary N) is 1. The second-order valence-electron chi connectivity index (χ2n) is 5.98. The van der Waals surface area contributed by atoms with Gasteiger partial charge in [0.2, 0.25) is 11.9 Å². The van der Waals surface area contributed by atoms with E-state index >= 15 is 0 Å². The number of aromatic nitrogens is 2. The van der Waals surface area contributed by atoms with E-state index in [0.717, 1.165) is 17.8 Å². The Bertz CT molecular complexity index is 525. The zero-order chi connectivity index (χ0) is 14.3. The smallest absolute Gasteiger partial charge is 0.230 e. The third-order valence-corrected chi connectivity index (χ3v) is 4.92. The molecule has 3 rings (SSSR count). The lowest BCUT2D eigenvalue weighted by Gasteiger charge is -2.39. The second-order valence-corrected chi connectivity index (χ2v) is 5.98. The van der Waals surface area contributed by atoms with E-state index in [0.29, 0.717) is 11.9 Å². The van der Waals surface area contributed by atoms with Crippen LogP contribution in [0.3, 0.4) is 0 Å². The van der Waals surface area contributed by atoms with E-state index < -0.39 is 0 Å². The number of nitrogens with zero attached hydrogens (tertiary/aromatic N) is 3. The van der Waals surface area contributed by atoms with Crippen LogP contribution in [0.2, 0.25) is 0 Å². The van der Waals surface area contributed by atoms with Gasteiger partial charge in [0.25, 0.3) is 0 Å². The lowest BCUT2D eigenvalue weighted by atomic mass is 9.74. The second kappa shape index (κ2) is 5.04. The number of nitrogen functional groups attached to an aromatic ring is 1. The minimum atomic E-state index is 0.0323. The zero-order valence-corrected chi connectivity index (χ0v) is 12.2. The summed E-state index contributed by atoms with van der Waals surface area (Å²) in [6, 6.07) is 0. The van der Waals surface area contributed by atoms with Crippen molar-refractivity contribution in [2.45, 2.75) is 44.9 Å². The highest BCUT2D eigenvalue weighted by molar-refractivity contribution is 5.98. The fourth-order valence-corrected chi connectivity index (χ4v) is 3.92. The first-order chi connectivity index (χ1) is 9.63. The molecule has 2 N–H and O–H groups in total. The summed E-state index contributed by atoms with van der Waals surface area (Å²) in [5, 5.41) is 0. The van der Waals surface area contributed by atoms with E-state index in [4.69, 9.17) is 5.73 Å². The average Bonchev–Trinajstić information content (AvgIpc) is 2.96. The van der Waals surface area contributed by atoms with Crippen molar-refractivity contribution in [3.05, 3.63) is 11.9 Å². The van der Waals surface area contributed by atoms with Crippen molar-refractivity contribution in [1.82, 2.24) is 9.97 Å². The number of hydrogen-bond acceptors (Lipinski definition) is 4. The van der Waals surface area contributed by atoms with Gasteiger partial charge in [0.05, 0.1) is 17.6 Å². The van der Waals surface area contributed by atoms with Gasteiger partial charge in [0.1, 0.15) is 0 Å². The molecule has 0 aromatic carbocycles. The van der Waals surface area contributed by atoms with E-state index in [1.807, 2.05) is 7.05 Å². The van der Waals surface area contributed by atoms with Gasteiger partial charge in [-0.05, 0) is 25.2 Å². The number of carbonyl (C=O) groups is 1. The van der Waals surface area contributed by atoms with Crippen molar-refractivity contribution < 1.29 is 4.79 Å². The van der Waals surface area contributed by atoms with Gasteiger partial charge in [0, 0.05) is 18.9 Å². The van der Waals surface area contributed by atoms with Crippen molar-refractivity contribution in [2.24, 2.45) is 11.8 Å². The largest absolute Gasteiger partial charge is 0.368 e. The molecule has 5 nitrogen and oxygen atoms in total. The number of fused-ring (bicyclic) bond motifs is 1. The van der Waals surface area contributed by atoms with Crippen molar-refractivity contribution in [1.29, 1.82) is 0 Å². The molecule has 0 saturated heterocycles. The lowest BCUT2D eigenvalue weighted by molar-refractivity contribution is -0.124. The Balaban J connectivity index is 2.11. The van der Waals surface area contributed by atoms with Gasteiger partial charge >= 0.3 is 0 Å². The van der Waals surface area contributed by atoms with Crippen LogP contribution < -0.4 is 10.6 Å². The fraction of sp³-hybridized carbons (Fsp3) is 0.667. The number of amides is 1. The summed E-state index contributed by atoms with van der Waals surface area (Å²) in [4.78, 5) is 22.9. The Kier molecular flexibility index (Phi) is 3.36. The Labute approximate surface area is 119 Å². The average molecular weight is 274 g/mol. The predicted octanol–water partition coefficient (Wildman–Crippen LogP) is 2.34. The number of carbonyl (C=O) groups excluding carboxylic acids is 1. The van der Waals surface area contributed by atoms with Gasteiger partial charge in [-0.2, -0.15) is 0 Å². The monoisotopic (exact) mass is 274 g/mol. The molecule has 1 aromatic heterocycles. The van der Waals surface area contributed by atoms with Crippen LogP contribution in [-0.4, -0.2) is 22.9 Å². The molecule has 20 heavy (non-hydrogen) atoms. The highest BCUT2D eigenvalue weighted by atomic mass is 16.2. The summed E-state index contributed by atoms with van der Waals surface area (Å²) >= 11 is 0. The summed E-state index contributed by atoms with van der Waals surface area (Å²) in [6.07, 6.45) is 7.47. The Morgan fingerprint density at radius 3 is 2.75 bits per heavy atom. The first-order valence-electron chi connectivity index (χ1n) is 7.53. The van der Waals surface area contributed by atoms with E-state index in [1.165, 1.54) is 25.7 Å². The van der Waals surface area contributed by atoms with E-state index in [2.05, 4.69) is 16.9 Å². The fourth-order valence-electron chi connectivity index (χ4n) is 3.92. The lowest BCUT2D eigenvalue weighted by Crippen LogP contribution is -2.43. The Morgan fingerprint density at radius 2 is 2.10 bits per heavy atom. The number of anilines is 2. The van der Waals surface area contributed by atoms with Gasteiger partial charge in [-0.15, -0.1) is 0 Å². The molecule has 0 bridgehead atoms. The normalized spacial score (nSPS) is 26.9. The molecule has 1 aromatic rings. The third kappa shape index (κ3) is 1.96. The van der Waals surface area contributed by atoms with Crippen LogP contribution in [0.5, 0.6) is 0 Å². The van der Waals surface area contributed by atoms with Crippen LogP contribution in [0.4, 0.5) is 11.6 Å². The SMILES string of the molecule is CC[C@H]1C(=O)N(C)c2cnc(N)nc2C1C1CCCC1. The molecular weight excluding hydrogens is 252 g/mol. The summed E-state index contributed by atoms with van der Waals surface area (Å²) in [6.45, 7) is 2.09. The van der Waals surface area contributed by atoms with Gasteiger partial charge in [-0.3, -0.25) is 4.79 Å². The van der Waals surface area contributed by atoms with Crippen molar-refractivity contribution >= 4 is 17.5 Å². The van der Waals surface area contributed by atoms with Gasteiger partial charge in [-0.25, -0.2) is 9.97 Å². The molecule has 1 aliphatic heterocycles. The summed E-state index contributed by atoms with van der Waals surface area (Å²) in [7, 11) is 1.81. The zero-order valence-electron chi connectivity index (χ0n) is 12.2. The first kappa shape index (κ1) is 13.3. The maximum atomic E-state index is 12.6. The topological polar surface area (TPSA) is 72.1 Å². The molecule has 2 aliphatic rings. The molecule has 1 aliphatic carbocycles. The van der Waals surface area contributed by atoms with Crippen molar-refractivity contribution in [2.75, 3.05) is 17.7 Å². The maximum absolute atomic E-state index is 12.6. The summed E-state index contributed by atoms with van der Waals surface area (Å²) < 4.78 is 0. The first-order valence-corrected chi connectivity index (χ1v) is 7.53. The molecule has 1 amide bonds. The number of hydrogen-bond donors (Lipinski definition) is 1. The van der Waals surface area contributed by atoms with Crippen LogP contribution in [0.1, 0.15) is 50.6 Å². The molecule has 0 radical (unpaired) electrons. The van der Waals surface area contributed by atoms with Crippen molar-refractivity contribution in [3.63, 3.8) is 0 Å². The molecule has 108 valence electrons. The maximum Gasteiger partial charge on any atom is 0.230 e. The third-order valence-electron chi connectivity index (χ3n) is 4.92. The van der Waals surface area contributed by atoms with E-state index in [-0.39, 0.29) is 17.7 Å². The molecule has 0 spiro atoms. The standard InChI is InChI=1S/C15H22N4O/c1-3-10-12(9-6-4-5-7-9)13-11(19(2)14(10)20)8-17-15(16)18-13/h8-10,12H,3-7H2,1-2H3,(H2,16,17,18)/t10-,12?/m1/s1. The van der Waals surface area contributed by atoms with Crippen LogP contribution in [-0.2, 0) is 4.79 Å². The molecular formula is C15H22N4O. The van der Waals surface area contributed by atoms with Gasteiger partial charge in [0.15, 0.2) is 0 Å². The van der Waals surface area contributed by atoms with Crippen LogP contribution >= 0.6 is 0 Å². The minimum Gasteiger partial charge on any atom is -0.368 e. The number of rotatable bonds is 2. The molecule has 1 unspecified atom stereocenters. The summed E-state index contributed by atoms with van der Waals surface area (Å²) in [5.41, 5.74) is 7.61. The minimum absolute atomic E-state index is 0.0323. The Morgan fingerprint density at radius 1 is 1.40 bits per heavy atom. The molecule has 5 heteroatoms. The predicted molar refractivity (Wildman–Crippen MR) is 78.3 cm³/mol. The van der Waals surface area contributed by atoms with Gasteiger partial charge in [-0.1, -0.05) is 19.8 Å². The molecule has 2 heterocycles. The molecule has 1 saturated carbocycles. The summed E-state index contributed by atoms with van der Waals surface area (Å²) in [5.74, 6) is 1.32. The highest BCUT2D eigenvalue weighted by Crippen LogP contribution is 2.48.